The van der Waals surface area contributed by atoms with Crippen molar-refractivity contribution in [3.63, 3.8) is 0 Å². The third kappa shape index (κ3) is 10.2. The van der Waals surface area contributed by atoms with Crippen molar-refractivity contribution in [2.24, 2.45) is 5.41 Å². The van der Waals surface area contributed by atoms with Gasteiger partial charge in [-0.3, -0.25) is 9.59 Å². The van der Waals surface area contributed by atoms with E-state index in [1.807, 2.05) is 19.9 Å². The first-order valence-corrected chi connectivity index (χ1v) is 17.2. The Hall–Kier alpha value is -5.29. The van der Waals surface area contributed by atoms with E-state index in [0.29, 0.717) is 52.3 Å². The number of nitrogens with zero attached hydrogens (tertiary/aromatic N) is 1. The largest absolute Gasteiger partial charge is 0.493 e. The Morgan fingerprint density at radius 2 is 1.85 bits per heavy atom. The fourth-order valence-corrected chi connectivity index (χ4v) is 5.75. The number of hydrogen-bond acceptors (Lipinski definition) is 5. The molecule has 1 N–H and O–H groups in total. The average Bonchev–Trinajstić information content (AvgIpc) is 3.08. The molecule has 1 aliphatic heterocycles. The first-order chi connectivity index (χ1) is 24.5. The molecule has 52 heavy (non-hydrogen) atoms. The molecule has 1 aliphatic rings. The first kappa shape index (κ1) is 41.1. The van der Waals surface area contributed by atoms with Crippen LogP contribution >= 0.6 is 12.2 Å². The van der Waals surface area contributed by atoms with Gasteiger partial charge >= 0.3 is 6.18 Å². The molecule has 1 heterocycles. The molecule has 0 spiro atoms. The minimum Gasteiger partial charge on any atom is -0.493 e. The summed E-state index contributed by atoms with van der Waals surface area (Å²) in [5.74, 6) is -0.0319. The number of amides is 1. The van der Waals surface area contributed by atoms with Crippen molar-refractivity contribution in [1.29, 1.82) is 5.26 Å². The van der Waals surface area contributed by atoms with Crippen LogP contribution in [0.15, 0.2) is 108 Å². The molecule has 0 aromatic heterocycles. The van der Waals surface area contributed by atoms with Crippen molar-refractivity contribution < 1.29 is 27.5 Å². The van der Waals surface area contributed by atoms with Gasteiger partial charge in [-0.2, -0.15) is 18.4 Å². The summed E-state index contributed by atoms with van der Waals surface area (Å²) in [6.45, 7) is 19.1. The number of halogens is 3. The summed E-state index contributed by atoms with van der Waals surface area (Å²) >= 11 is 5.64. The van der Waals surface area contributed by atoms with E-state index in [1.54, 1.807) is 56.3 Å². The van der Waals surface area contributed by atoms with Crippen LogP contribution in [0.1, 0.15) is 88.6 Å². The lowest BCUT2D eigenvalue weighted by Crippen LogP contribution is -2.26. The number of nitriles is 1. The van der Waals surface area contributed by atoms with Gasteiger partial charge in [-0.15, -0.1) is 0 Å². The molecule has 0 saturated heterocycles. The van der Waals surface area contributed by atoms with Crippen molar-refractivity contribution in [1.82, 2.24) is 5.32 Å². The number of ketones is 1. The second-order valence-electron chi connectivity index (χ2n) is 12.8. The van der Waals surface area contributed by atoms with Crippen molar-refractivity contribution in [2.75, 3.05) is 6.61 Å². The van der Waals surface area contributed by atoms with E-state index in [4.69, 9.17) is 22.2 Å². The van der Waals surface area contributed by atoms with Crippen molar-refractivity contribution in [2.45, 2.75) is 67.0 Å². The number of Topliss-reactive ketones (excluding diaryl/α,β-unsaturated/α-hetero) is 1. The Balaban J connectivity index is 2.20. The smallest absolute Gasteiger partial charge is 0.417 e. The molecule has 0 saturated carbocycles. The van der Waals surface area contributed by atoms with Crippen LogP contribution in [0, 0.1) is 16.7 Å². The van der Waals surface area contributed by atoms with E-state index in [0.717, 1.165) is 36.1 Å². The van der Waals surface area contributed by atoms with Crippen LogP contribution in [0.4, 0.5) is 13.2 Å². The van der Waals surface area contributed by atoms with Gasteiger partial charge in [0.15, 0.2) is 0 Å². The zero-order valence-electron chi connectivity index (χ0n) is 30.4. The molecule has 0 fully saturated rings. The van der Waals surface area contributed by atoms with Crippen LogP contribution in [0.2, 0.25) is 0 Å². The number of hydrogen-bond donors (Lipinski definition) is 1. The van der Waals surface area contributed by atoms with Crippen molar-refractivity contribution in [3.8, 4) is 11.8 Å². The van der Waals surface area contributed by atoms with Gasteiger partial charge in [-0.05, 0) is 118 Å². The molecule has 0 bridgehead atoms. The molecule has 2 aromatic carbocycles. The minimum atomic E-state index is -4.70. The highest BCUT2D eigenvalue weighted by Crippen LogP contribution is 2.39. The van der Waals surface area contributed by atoms with Crippen LogP contribution in [0.5, 0.6) is 5.75 Å². The van der Waals surface area contributed by atoms with E-state index in [2.05, 4.69) is 31.1 Å². The molecule has 2 aromatic rings. The number of thiocarbonyl (C=S) groups is 1. The van der Waals surface area contributed by atoms with E-state index < -0.39 is 22.7 Å². The fraction of sp³-hybridized carbons (Fsp3) is 0.279. The predicted octanol–water partition coefficient (Wildman–Crippen LogP) is 10.9. The first-order valence-electron chi connectivity index (χ1n) is 16.8. The Morgan fingerprint density at radius 1 is 1.13 bits per heavy atom. The summed E-state index contributed by atoms with van der Waals surface area (Å²) in [6, 6.07) is 10.3. The number of alkyl halides is 3. The fourth-order valence-electron chi connectivity index (χ4n) is 5.56. The Labute approximate surface area is 310 Å². The highest BCUT2D eigenvalue weighted by atomic mass is 32.1. The van der Waals surface area contributed by atoms with Crippen LogP contribution in [0.3, 0.4) is 0 Å². The standard InChI is InChI=1S/C43H43F3N2O3S/c1-9-13-27(4)22-32-14-12-15-38(48-41(50)40(32)28(5)10-2)35-24-31(19-21-39(35)51-11-3)36(42(7,8)29(6)49)25-34(52)20-17-30-16-18-33(26-47)37(23-30)43(44,45)46/h10,12,14,16-21,23-25H,2,4,9,11,13,22H2,1,3,5-8H3,(H,48,50)/b20-17+,32-14?,36-25-,40-28?. The lowest BCUT2D eigenvalue weighted by molar-refractivity contribution is -0.137. The molecule has 3 rings (SSSR count). The molecule has 0 unspecified atom stereocenters. The maximum absolute atomic E-state index is 13.9. The zero-order chi connectivity index (χ0) is 38.8. The number of ether oxygens (including phenoxy) is 1. The van der Waals surface area contributed by atoms with Crippen LogP contribution < -0.4 is 10.1 Å². The molecular formula is C43H43F3N2O3S. The average molecular weight is 725 g/mol. The van der Waals surface area contributed by atoms with Gasteiger partial charge in [0.25, 0.3) is 5.91 Å². The SMILES string of the molecule is C=CC(C)=C1C(=O)NC(c2cc(/C(=C/C(=S)/C=C/c3ccc(C#N)c(C(F)(F)F)c3)C(C)(C)C(C)=O)ccc2OCC)=C=CC=C1CC(=C)CCC. The number of rotatable bonds is 14. The van der Waals surface area contributed by atoms with E-state index in [9.17, 15) is 22.8 Å². The lowest BCUT2D eigenvalue weighted by atomic mass is 9.76. The number of carbonyl (C=O) groups excluding carboxylic acids is 2. The second-order valence-corrected chi connectivity index (χ2v) is 13.3. The summed E-state index contributed by atoms with van der Waals surface area (Å²) in [4.78, 5) is 27.2. The lowest BCUT2D eigenvalue weighted by Gasteiger charge is -2.27. The molecule has 270 valence electrons. The summed E-state index contributed by atoms with van der Waals surface area (Å²) in [6.07, 6.45) is 7.34. The number of benzene rings is 2. The predicted molar refractivity (Wildman–Crippen MR) is 207 cm³/mol. The van der Waals surface area contributed by atoms with Crippen LogP contribution in [-0.2, 0) is 15.8 Å². The van der Waals surface area contributed by atoms with E-state index >= 15 is 0 Å². The quantitative estimate of drug-likeness (QED) is 0.0908. The van der Waals surface area contributed by atoms with Gasteiger partial charge in [0.1, 0.15) is 11.5 Å². The normalized spacial score (nSPS) is 14.8. The summed E-state index contributed by atoms with van der Waals surface area (Å²) in [5, 5.41) is 12.2. The molecule has 0 aliphatic carbocycles. The number of allylic oxidation sites excluding steroid dienone is 8. The van der Waals surface area contributed by atoms with Gasteiger partial charge in [0, 0.05) is 21.4 Å². The van der Waals surface area contributed by atoms with Gasteiger partial charge < -0.3 is 10.1 Å². The molecular weight excluding hydrogens is 682 g/mol. The van der Waals surface area contributed by atoms with E-state index in [-0.39, 0.29) is 22.1 Å². The van der Waals surface area contributed by atoms with Crippen molar-refractivity contribution >= 4 is 46.1 Å². The third-order valence-electron chi connectivity index (χ3n) is 8.65. The Bertz CT molecular complexity index is 2030. The molecule has 1 amide bonds. The monoisotopic (exact) mass is 724 g/mol. The molecule has 0 atom stereocenters. The van der Waals surface area contributed by atoms with Crippen molar-refractivity contribution in [3.05, 3.63) is 136 Å². The maximum Gasteiger partial charge on any atom is 0.417 e. The van der Waals surface area contributed by atoms with Gasteiger partial charge in [0.05, 0.1) is 29.5 Å². The van der Waals surface area contributed by atoms with Gasteiger partial charge in [-0.1, -0.05) is 80.4 Å². The number of carbonyl (C=O) groups is 2. The number of nitrogens with one attached hydrogen (secondary N) is 1. The van der Waals surface area contributed by atoms with Gasteiger partial charge in [0.2, 0.25) is 0 Å². The topological polar surface area (TPSA) is 79.2 Å². The molecule has 0 radical (unpaired) electrons. The van der Waals surface area contributed by atoms with Crippen LogP contribution in [-0.4, -0.2) is 23.2 Å². The zero-order valence-corrected chi connectivity index (χ0v) is 31.2. The maximum atomic E-state index is 13.9. The highest BCUT2D eigenvalue weighted by Gasteiger charge is 2.34. The second kappa shape index (κ2) is 17.8. The Morgan fingerprint density at radius 3 is 2.44 bits per heavy atom. The summed E-state index contributed by atoms with van der Waals surface area (Å²) in [7, 11) is 0. The third-order valence-corrected chi connectivity index (χ3v) is 8.91. The highest BCUT2D eigenvalue weighted by molar-refractivity contribution is 7.81. The Kier molecular flexibility index (Phi) is 14.1. The van der Waals surface area contributed by atoms with Crippen LogP contribution in [0.25, 0.3) is 17.3 Å². The summed E-state index contributed by atoms with van der Waals surface area (Å²) < 4.78 is 46.6. The summed E-state index contributed by atoms with van der Waals surface area (Å²) in [5.41, 5.74) is 5.81. The minimum absolute atomic E-state index is 0.154. The van der Waals surface area contributed by atoms with E-state index in [1.165, 1.54) is 25.1 Å². The van der Waals surface area contributed by atoms with Gasteiger partial charge in [-0.25, -0.2) is 0 Å². The molecule has 9 heteroatoms. The molecule has 5 nitrogen and oxygen atoms in total.